The van der Waals surface area contributed by atoms with E-state index in [4.69, 9.17) is 4.74 Å². The van der Waals surface area contributed by atoms with Crippen molar-refractivity contribution in [3.8, 4) is 0 Å². The predicted octanol–water partition coefficient (Wildman–Crippen LogP) is 1.84. The summed E-state index contributed by atoms with van der Waals surface area (Å²) in [7, 11) is 0. The molecule has 166 valence electrons. The van der Waals surface area contributed by atoms with Crippen LogP contribution in [0.3, 0.4) is 0 Å². The number of morpholine rings is 1. The zero-order valence-corrected chi connectivity index (χ0v) is 18.1. The standard InChI is InChI=1S/C23H32N6O2/c30-23(21-3-1-11-28(19-21)22-17-25-8-9-26-22)29(18-20-4-6-24-7-5-20)12-2-10-27-13-15-31-16-14-27/h4-9,17,21H,1-3,10-16,18-19H2. The monoisotopic (exact) mass is 424 g/mol. The van der Waals surface area contributed by atoms with Crippen LogP contribution in [0, 0.1) is 5.92 Å². The molecule has 0 radical (unpaired) electrons. The molecule has 8 heteroatoms. The minimum absolute atomic E-state index is 0.0130. The lowest BCUT2D eigenvalue weighted by Gasteiger charge is -2.36. The number of aromatic nitrogens is 3. The number of pyridine rings is 1. The number of amides is 1. The number of carbonyl (C=O) groups excluding carboxylic acids is 1. The second kappa shape index (κ2) is 11.2. The van der Waals surface area contributed by atoms with Crippen molar-refractivity contribution in [1.29, 1.82) is 0 Å². The molecule has 1 atom stereocenters. The zero-order valence-electron chi connectivity index (χ0n) is 18.1. The van der Waals surface area contributed by atoms with Gasteiger partial charge < -0.3 is 14.5 Å². The third-order valence-corrected chi connectivity index (χ3v) is 6.08. The molecule has 2 fully saturated rings. The number of anilines is 1. The van der Waals surface area contributed by atoms with Gasteiger partial charge in [0.1, 0.15) is 5.82 Å². The third-order valence-electron chi connectivity index (χ3n) is 6.08. The van der Waals surface area contributed by atoms with Crippen molar-refractivity contribution in [1.82, 2.24) is 24.8 Å². The summed E-state index contributed by atoms with van der Waals surface area (Å²) >= 11 is 0. The molecule has 1 amide bonds. The fourth-order valence-corrected chi connectivity index (χ4v) is 4.39. The molecule has 2 aliphatic rings. The maximum atomic E-state index is 13.6. The Balaban J connectivity index is 1.39. The minimum atomic E-state index is -0.0130. The topological polar surface area (TPSA) is 74.7 Å². The second-order valence-electron chi connectivity index (χ2n) is 8.27. The van der Waals surface area contributed by atoms with Crippen molar-refractivity contribution in [3.63, 3.8) is 0 Å². The van der Waals surface area contributed by atoms with Crippen LogP contribution < -0.4 is 4.90 Å². The second-order valence-corrected chi connectivity index (χ2v) is 8.27. The van der Waals surface area contributed by atoms with E-state index < -0.39 is 0 Å². The molecule has 2 aromatic heterocycles. The molecule has 0 saturated carbocycles. The molecular formula is C23H32N6O2. The van der Waals surface area contributed by atoms with Crippen LogP contribution >= 0.6 is 0 Å². The molecule has 4 heterocycles. The summed E-state index contributed by atoms with van der Waals surface area (Å²) in [5, 5.41) is 0. The highest BCUT2D eigenvalue weighted by Gasteiger charge is 2.30. The third kappa shape index (κ3) is 6.21. The molecule has 2 aromatic rings. The number of hydrogen-bond acceptors (Lipinski definition) is 7. The van der Waals surface area contributed by atoms with E-state index in [0.29, 0.717) is 13.1 Å². The average Bonchev–Trinajstić information content (AvgIpc) is 2.85. The van der Waals surface area contributed by atoms with Crippen molar-refractivity contribution >= 4 is 11.7 Å². The lowest BCUT2D eigenvalue weighted by molar-refractivity contribution is -0.136. The van der Waals surface area contributed by atoms with Crippen LogP contribution in [0.4, 0.5) is 5.82 Å². The first kappa shape index (κ1) is 21.6. The number of piperidine rings is 1. The Hall–Kier alpha value is -2.58. The largest absolute Gasteiger partial charge is 0.379 e. The van der Waals surface area contributed by atoms with Crippen LogP contribution in [0.1, 0.15) is 24.8 Å². The molecule has 4 rings (SSSR count). The van der Waals surface area contributed by atoms with E-state index in [9.17, 15) is 4.79 Å². The van der Waals surface area contributed by atoms with Crippen molar-refractivity contribution in [2.45, 2.75) is 25.8 Å². The van der Waals surface area contributed by atoms with Crippen LogP contribution in [0.15, 0.2) is 43.1 Å². The Morgan fingerprint density at radius 3 is 2.71 bits per heavy atom. The van der Waals surface area contributed by atoms with Gasteiger partial charge in [-0.2, -0.15) is 0 Å². The van der Waals surface area contributed by atoms with Gasteiger partial charge in [0.05, 0.1) is 25.3 Å². The van der Waals surface area contributed by atoms with Gasteiger partial charge in [0.25, 0.3) is 0 Å². The maximum absolute atomic E-state index is 13.6. The summed E-state index contributed by atoms with van der Waals surface area (Å²) in [5.74, 6) is 1.08. The Labute approximate surface area is 184 Å². The smallest absolute Gasteiger partial charge is 0.227 e. The maximum Gasteiger partial charge on any atom is 0.227 e. The van der Waals surface area contributed by atoms with Gasteiger partial charge in [-0.1, -0.05) is 0 Å². The van der Waals surface area contributed by atoms with E-state index in [-0.39, 0.29) is 11.8 Å². The molecule has 0 aromatic carbocycles. The van der Waals surface area contributed by atoms with E-state index in [1.165, 1.54) is 0 Å². The van der Waals surface area contributed by atoms with Crippen LogP contribution in [0.2, 0.25) is 0 Å². The lowest BCUT2D eigenvalue weighted by atomic mass is 9.96. The van der Waals surface area contributed by atoms with E-state index >= 15 is 0 Å². The van der Waals surface area contributed by atoms with Crippen LogP contribution in [0.5, 0.6) is 0 Å². The van der Waals surface area contributed by atoms with Gasteiger partial charge in [-0.05, 0) is 37.0 Å². The number of ether oxygens (including phenoxy) is 1. The van der Waals surface area contributed by atoms with Crippen molar-refractivity contribution in [2.24, 2.45) is 5.92 Å². The van der Waals surface area contributed by atoms with E-state index in [1.807, 2.05) is 17.0 Å². The summed E-state index contributed by atoms with van der Waals surface area (Å²) in [5.41, 5.74) is 1.12. The van der Waals surface area contributed by atoms with Gasteiger partial charge in [0.15, 0.2) is 0 Å². The highest BCUT2D eigenvalue weighted by molar-refractivity contribution is 5.79. The molecule has 1 unspecified atom stereocenters. The van der Waals surface area contributed by atoms with Crippen LogP contribution in [-0.2, 0) is 16.1 Å². The first-order chi connectivity index (χ1) is 15.3. The molecule has 0 N–H and O–H groups in total. The van der Waals surface area contributed by atoms with Crippen LogP contribution in [-0.4, -0.2) is 83.1 Å². The summed E-state index contributed by atoms with van der Waals surface area (Å²) in [6.45, 7) is 7.59. The van der Waals surface area contributed by atoms with E-state index in [1.54, 1.807) is 31.0 Å². The highest BCUT2D eigenvalue weighted by atomic mass is 16.5. The summed E-state index contributed by atoms with van der Waals surface area (Å²) in [4.78, 5) is 33.0. The van der Waals surface area contributed by atoms with Gasteiger partial charge in [-0.25, -0.2) is 4.98 Å². The predicted molar refractivity (Wildman–Crippen MR) is 118 cm³/mol. The molecule has 2 aliphatic heterocycles. The lowest BCUT2D eigenvalue weighted by Crippen LogP contribution is -2.46. The first-order valence-electron chi connectivity index (χ1n) is 11.3. The molecule has 0 bridgehead atoms. The van der Waals surface area contributed by atoms with Gasteiger partial charge in [-0.3, -0.25) is 19.7 Å². The number of rotatable bonds is 8. The van der Waals surface area contributed by atoms with Crippen molar-refractivity contribution in [2.75, 3.05) is 57.4 Å². The zero-order chi connectivity index (χ0) is 21.3. The summed E-state index contributed by atoms with van der Waals surface area (Å²) in [6.07, 6.45) is 11.6. The number of hydrogen-bond donors (Lipinski definition) is 0. The Bertz CT molecular complexity index is 800. The fraction of sp³-hybridized carbons (Fsp3) is 0.565. The molecule has 0 aliphatic carbocycles. The SMILES string of the molecule is O=C(C1CCCN(c2cnccn2)C1)N(CCCN1CCOCC1)Cc1ccncc1. The Morgan fingerprint density at radius 2 is 1.94 bits per heavy atom. The van der Waals surface area contributed by atoms with Gasteiger partial charge in [0, 0.05) is 70.6 Å². The van der Waals surface area contributed by atoms with Gasteiger partial charge in [-0.15, -0.1) is 0 Å². The van der Waals surface area contributed by atoms with E-state index in [0.717, 1.165) is 76.6 Å². The molecule has 2 saturated heterocycles. The Morgan fingerprint density at radius 1 is 1.10 bits per heavy atom. The molecule has 0 spiro atoms. The Kier molecular flexibility index (Phi) is 7.79. The molecule has 31 heavy (non-hydrogen) atoms. The normalized spacial score (nSPS) is 19.9. The average molecular weight is 425 g/mol. The van der Waals surface area contributed by atoms with Crippen molar-refractivity contribution < 1.29 is 9.53 Å². The molecular weight excluding hydrogens is 392 g/mol. The van der Waals surface area contributed by atoms with Crippen molar-refractivity contribution in [3.05, 3.63) is 48.7 Å². The van der Waals surface area contributed by atoms with Gasteiger partial charge >= 0.3 is 0 Å². The van der Waals surface area contributed by atoms with E-state index in [2.05, 4.69) is 24.8 Å². The summed E-state index contributed by atoms with van der Waals surface area (Å²) in [6, 6.07) is 3.99. The van der Waals surface area contributed by atoms with Gasteiger partial charge in [0.2, 0.25) is 5.91 Å². The molecule has 8 nitrogen and oxygen atoms in total. The number of nitrogens with zero attached hydrogens (tertiary/aromatic N) is 6. The number of carbonyl (C=O) groups is 1. The quantitative estimate of drug-likeness (QED) is 0.640. The highest BCUT2D eigenvalue weighted by Crippen LogP contribution is 2.23. The fourth-order valence-electron chi connectivity index (χ4n) is 4.39. The summed E-state index contributed by atoms with van der Waals surface area (Å²) < 4.78 is 5.44. The first-order valence-corrected chi connectivity index (χ1v) is 11.3. The van der Waals surface area contributed by atoms with Crippen LogP contribution in [0.25, 0.3) is 0 Å². The minimum Gasteiger partial charge on any atom is -0.379 e.